The molecule has 0 saturated carbocycles. The summed E-state index contributed by atoms with van der Waals surface area (Å²) >= 11 is 1.54. The van der Waals surface area contributed by atoms with Crippen LogP contribution in [0.15, 0.2) is 40.3 Å². The first kappa shape index (κ1) is 16.8. The number of aryl methyl sites for hydroxylation is 1. The number of rotatable bonds is 4. The minimum atomic E-state index is -0.143. The van der Waals surface area contributed by atoms with Gasteiger partial charge in [-0.1, -0.05) is 37.7 Å². The van der Waals surface area contributed by atoms with E-state index in [1.54, 1.807) is 22.4 Å². The number of carbonyl (C=O) groups is 1. The van der Waals surface area contributed by atoms with Crippen molar-refractivity contribution >= 4 is 23.4 Å². The largest absolute Gasteiger partial charge is 0.326 e. The first-order valence-corrected chi connectivity index (χ1v) is 9.05. The molecule has 1 aliphatic rings. The van der Waals surface area contributed by atoms with Crippen LogP contribution in [0.1, 0.15) is 43.5 Å². The molecule has 1 atom stereocenters. The van der Waals surface area contributed by atoms with Crippen LogP contribution >= 0.6 is 11.8 Å². The maximum Gasteiger partial charge on any atom is 0.254 e. The molecular formula is C18H21N3O2S. The second kappa shape index (κ2) is 6.81. The molecule has 0 aliphatic carbocycles. The van der Waals surface area contributed by atoms with Crippen LogP contribution in [0.3, 0.4) is 0 Å². The van der Waals surface area contributed by atoms with Crippen molar-refractivity contribution in [2.45, 2.75) is 44.3 Å². The van der Waals surface area contributed by atoms with Crippen LogP contribution in [0.5, 0.6) is 0 Å². The van der Waals surface area contributed by atoms with Gasteiger partial charge in [-0.15, -0.1) is 0 Å². The SMILES string of the molecule is Cc1cccc(NC(=O)CC2CSc3nc(C(C)C)cc(=O)n32)c1. The fourth-order valence-corrected chi connectivity index (χ4v) is 3.92. The van der Waals surface area contributed by atoms with Crippen LogP contribution in [0, 0.1) is 6.92 Å². The average Bonchev–Trinajstić information content (AvgIpc) is 2.90. The number of thioether (sulfide) groups is 1. The van der Waals surface area contributed by atoms with E-state index < -0.39 is 0 Å². The summed E-state index contributed by atoms with van der Waals surface area (Å²) < 4.78 is 1.66. The number of hydrogen-bond donors (Lipinski definition) is 1. The molecule has 3 rings (SSSR count). The van der Waals surface area contributed by atoms with E-state index in [0.29, 0.717) is 5.75 Å². The molecule has 0 bridgehead atoms. The Morgan fingerprint density at radius 2 is 2.21 bits per heavy atom. The molecule has 1 N–H and O–H groups in total. The Morgan fingerprint density at radius 1 is 1.42 bits per heavy atom. The zero-order valence-electron chi connectivity index (χ0n) is 14.1. The molecule has 0 spiro atoms. The fraction of sp³-hybridized carbons (Fsp3) is 0.389. The first-order valence-electron chi connectivity index (χ1n) is 8.07. The Bertz CT molecular complexity index is 829. The van der Waals surface area contributed by atoms with Crippen LogP contribution in [-0.4, -0.2) is 21.2 Å². The molecular weight excluding hydrogens is 322 g/mol. The molecule has 24 heavy (non-hydrogen) atoms. The predicted octanol–water partition coefficient (Wildman–Crippen LogP) is 3.35. The van der Waals surface area contributed by atoms with E-state index in [2.05, 4.69) is 10.3 Å². The van der Waals surface area contributed by atoms with Crippen LogP contribution in [0.4, 0.5) is 5.69 Å². The van der Waals surface area contributed by atoms with Gasteiger partial charge in [-0.05, 0) is 30.5 Å². The van der Waals surface area contributed by atoms with E-state index in [1.807, 2.05) is 45.0 Å². The Kier molecular flexibility index (Phi) is 4.76. The summed E-state index contributed by atoms with van der Waals surface area (Å²) in [5, 5.41) is 3.63. The molecule has 2 heterocycles. The van der Waals surface area contributed by atoms with E-state index in [9.17, 15) is 9.59 Å². The Morgan fingerprint density at radius 3 is 2.92 bits per heavy atom. The summed E-state index contributed by atoms with van der Waals surface area (Å²) in [6, 6.07) is 9.13. The molecule has 0 fully saturated rings. The number of fused-ring (bicyclic) bond motifs is 1. The normalized spacial score (nSPS) is 16.2. The van der Waals surface area contributed by atoms with E-state index >= 15 is 0 Å². The molecule has 1 amide bonds. The highest BCUT2D eigenvalue weighted by Crippen LogP contribution is 2.32. The zero-order chi connectivity index (χ0) is 17.3. The Hall–Kier alpha value is -2.08. The van der Waals surface area contributed by atoms with Crippen molar-refractivity contribution < 1.29 is 4.79 Å². The predicted molar refractivity (Wildman–Crippen MR) is 96.8 cm³/mol. The van der Waals surface area contributed by atoms with Gasteiger partial charge in [0.2, 0.25) is 5.91 Å². The summed E-state index contributed by atoms with van der Waals surface area (Å²) in [7, 11) is 0. The van der Waals surface area contributed by atoms with Gasteiger partial charge < -0.3 is 5.32 Å². The van der Waals surface area contributed by atoms with Gasteiger partial charge in [-0.2, -0.15) is 0 Å². The van der Waals surface area contributed by atoms with E-state index in [0.717, 1.165) is 22.1 Å². The summed E-state index contributed by atoms with van der Waals surface area (Å²) in [5.74, 6) is 0.831. The number of aromatic nitrogens is 2. The second-order valence-corrected chi connectivity index (χ2v) is 7.40. The van der Waals surface area contributed by atoms with Gasteiger partial charge in [0.05, 0.1) is 11.7 Å². The number of anilines is 1. The first-order chi connectivity index (χ1) is 11.4. The lowest BCUT2D eigenvalue weighted by atomic mass is 10.1. The zero-order valence-corrected chi connectivity index (χ0v) is 14.9. The molecule has 2 aromatic rings. The molecule has 6 heteroatoms. The number of amides is 1. The lowest BCUT2D eigenvalue weighted by Crippen LogP contribution is -2.28. The third-order valence-corrected chi connectivity index (χ3v) is 5.12. The lowest BCUT2D eigenvalue weighted by Gasteiger charge is -2.14. The van der Waals surface area contributed by atoms with Crippen molar-refractivity contribution in [3.8, 4) is 0 Å². The number of carbonyl (C=O) groups excluding carboxylic acids is 1. The maximum absolute atomic E-state index is 12.4. The van der Waals surface area contributed by atoms with Gasteiger partial charge >= 0.3 is 0 Å². The second-order valence-electron chi connectivity index (χ2n) is 6.41. The maximum atomic E-state index is 12.4. The summed E-state index contributed by atoms with van der Waals surface area (Å²) in [4.78, 5) is 29.3. The topological polar surface area (TPSA) is 64.0 Å². The summed E-state index contributed by atoms with van der Waals surface area (Å²) in [6.07, 6.45) is 0.274. The third-order valence-electron chi connectivity index (χ3n) is 4.02. The standard InChI is InChI=1S/C18H21N3O2S/c1-11(2)15-9-17(23)21-14(10-24-18(21)20-15)8-16(22)19-13-6-4-5-12(3)7-13/h4-7,9,11,14H,8,10H2,1-3H3,(H,19,22). The van der Waals surface area contributed by atoms with Gasteiger partial charge in [0.1, 0.15) is 0 Å². The average molecular weight is 343 g/mol. The fourth-order valence-electron chi connectivity index (χ4n) is 2.76. The number of nitrogens with one attached hydrogen (secondary N) is 1. The number of hydrogen-bond acceptors (Lipinski definition) is 4. The van der Waals surface area contributed by atoms with Gasteiger partial charge in [-0.25, -0.2) is 4.98 Å². The van der Waals surface area contributed by atoms with Gasteiger partial charge in [0, 0.05) is 23.9 Å². The van der Waals surface area contributed by atoms with Gasteiger partial charge in [0.25, 0.3) is 5.56 Å². The molecule has 1 aromatic carbocycles. The van der Waals surface area contributed by atoms with Crippen LogP contribution in [0.25, 0.3) is 0 Å². The number of benzene rings is 1. The van der Waals surface area contributed by atoms with Crippen molar-refractivity contribution in [1.29, 1.82) is 0 Å². The summed E-state index contributed by atoms with van der Waals surface area (Å²) in [5.41, 5.74) is 2.62. The van der Waals surface area contributed by atoms with Crippen molar-refractivity contribution in [2.75, 3.05) is 11.1 Å². The molecule has 5 nitrogen and oxygen atoms in total. The highest BCUT2D eigenvalue weighted by atomic mass is 32.2. The number of nitrogens with zero attached hydrogens (tertiary/aromatic N) is 2. The van der Waals surface area contributed by atoms with Crippen LogP contribution in [-0.2, 0) is 4.79 Å². The molecule has 0 saturated heterocycles. The van der Waals surface area contributed by atoms with Gasteiger partial charge in [0.15, 0.2) is 5.16 Å². The van der Waals surface area contributed by atoms with Crippen molar-refractivity contribution in [3.63, 3.8) is 0 Å². The highest BCUT2D eigenvalue weighted by molar-refractivity contribution is 7.99. The Labute approximate surface area is 145 Å². The monoisotopic (exact) mass is 343 g/mol. The Balaban J connectivity index is 1.75. The highest BCUT2D eigenvalue weighted by Gasteiger charge is 2.28. The van der Waals surface area contributed by atoms with Crippen molar-refractivity contribution in [3.05, 3.63) is 51.9 Å². The van der Waals surface area contributed by atoms with E-state index in [1.165, 1.54) is 0 Å². The smallest absolute Gasteiger partial charge is 0.254 e. The lowest BCUT2D eigenvalue weighted by molar-refractivity contribution is -0.116. The van der Waals surface area contributed by atoms with Crippen molar-refractivity contribution in [2.24, 2.45) is 0 Å². The molecule has 1 aromatic heterocycles. The van der Waals surface area contributed by atoms with Gasteiger partial charge in [-0.3, -0.25) is 14.2 Å². The molecule has 1 aliphatic heterocycles. The van der Waals surface area contributed by atoms with Crippen LogP contribution in [0.2, 0.25) is 0 Å². The third kappa shape index (κ3) is 3.53. The molecule has 0 radical (unpaired) electrons. The minimum Gasteiger partial charge on any atom is -0.326 e. The van der Waals surface area contributed by atoms with E-state index in [-0.39, 0.29) is 29.8 Å². The molecule has 1 unspecified atom stereocenters. The minimum absolute atomic E-state index is 0.0675. The summed E-state index contributed by atoms with van der Waals surface area (Å²) in [6.45, 7) is 6.02. The van der Waals surface area contributed by atoms with Crippen molar-refractivity contribution in [1.82, 2.24) is 9.55 Å². The van der Waals surface area contributed by atoms with E-state index in [4.69, 9.17) is 0 Å². The van der Waals surface area contributed by atoms with Crippen LogP contribution < -0.4 is 10.9 Å². The quantitative estimate of drug-likeness (QED) is 0.865. The molecule has 126 valence electrons.